The Hall–Kier alpha value is -0.390. The highest BCUT2D eigenvalue weighted by molar-refractivity contribution is 9.11. The summed E-state index contributed by atoms with van der Waals surface area (Å²) in [7, 11) is 2.13. The maximum absolute atomic E-state index is 12.8. The fourth-order valence-corrected chi connectivity index (χ4v) is 4.00. The summed E-state index contributed by atoms with van der Waals surface area (Å²) in [5.41, 5.74) is 0.745. The van der Waals surface area contributed by atoms with E-state index >= 15 is 0 Å². The van der Waals surface area contributed by atoms with Crippen LogP contribution in [0.4, 0.5) is 0 Å². The number of amides is 1. The van der Waals surface area contributed by atoms with E-state index < -0.39 is 0 Å². The lowest BCUT2D eigenvalue weighted by Gasteiger charge is -2.30. The lowest BCUT2D eigenvalue weighted by molar-refractivity contribution is 0.0675. The average Bonchev–Trinajstić information content (AvgIpc) is 2.58. The summed E-state index contributed by atoms with van der Waals surface area (Å²) >= 11 is 6.91. The summed E-state index contributed by atoms with van der Waals surface area (Å²) in [5.74, 6) is 0.133. The number of hydrogen-bond donors (Lipinski definition) is 0. The number of nitrogens with zero attached hydrogens (tertiary/aromatic N) is 2. The molecule has 0 saturated carbocycles. The van der Waals surface area contributed by atoms with Crippen LogP contribution in [-0.4, -0.2) is 48.4 Å². The van der Waals surface area contributed by atoms with Crippen molar-refractivity contribution in [3.8, 4) is 0 Å². The van der Waals surface area contributed by atoms with Gasteiger partial charge < -0.3 is 9.80 Å². The topological polar surface area (TPSA) is 23.6 Å². The number of benzene rings is 1. The largest absolute Gasteiger partial charge is 0.334 e. The third-order valence-electron chi connectivity index (χ3n) is 3.74. The van der Waals surface area contributed by atoms with E-state index in [4.69, 9.17) is 0 Å². The maximum Gasteiger partial charge on any atom is 0.254 e. The van der Waals surface area contributed by atoms with Crippen molar-refractivity contribution in [2.24, 2.45) is 0 Å². The summed E-state index contributed by atoms with van der Waals surface area (Å²) in [6, 6.07) is 6.04. The number of halogens is 2. The van der Waals surface area contributed by atoms with E-state index in [0.29, 0.717) is 6.04 Å². The Morgan fingerprint density at radius 2 is 1.90 bits per heavy atom. The van der Waals surface area contributed by atoms with E-state index in [0.717, 1.165) is 47.0 Å². The van der Waals surface area contributed by atoms with Gasteiger partial charge in [-0.3, -0.25) is 4.79 Å². The third-order valence-corrected chi connectivity index (χ3v) is 4.66. The van der Waals surface area contributed by atoms with Crippen LogP contribution in [0.2, 0.25) is 0 Å². The van der Waals surface area contributed by atoms with Crippen molar-refractivity contribution in [2.45, 2.75) is 25.8 Å². The first-order valence-corrected chi connectivity index (χ1v) is 8.55. The Morgan fingerprint density at radius 1 is 1.25 bits per heavy atom. The van der Waals surface area contributed by atoms with Gasteiger partial charge in [-0.2, -0.15) is 0 Å². The molecular formula is C15H20Br2N2O. The van der Waals surface area contributed by atoms with Gasteiger partial charge in [0.2, 0.25) is 0 Å². The molecule has 0 spiro atoms. The highest BCUT2D eigenvalue weighted by Crippen LogP contribution is 2.23. The van der Waals surface area contributed by atoms with Crippen LogP contribution in [0.15, 0.2) is 27.1 Å². The fourth-order valence-electron chi connectivity index (χ4n) is 2.70. The van der Waals surface area contributed by atoms with Crippen molar-refractivity contribution in [1.82, 2.24) is 9.80 Å². The summed E-state index contributed by atoms with van der Waals surface area (Å²) in [5, 5.41) is 0. The monoisotopic (exact) mass is 402 g/mol. The van der Waals surface area contributed by atoms with Gasteiger partial charge in [0.05, 0.1) is 0 Å². The number of carbonyl (C=O) groups is 1. The van der Waals surface area contributed by atoms with E-state index in [-0.39, 0.29) is 5.91 Å². The Morgan fingerprint density at radius 3 is 2.50 bits per heavy atom. The maximum atomic E-state index is 12.8. The molecule has 0 bridgehead atoms. The third kappa shape index (κ3) is 3.83. The SMILES string of the molecule is CCC1CN(C)CCCN1C(=O)c1cc(Br)cc(Br)c1. The molecule has 1 fully saturated rings. The fraction of sp³-hybridized carbons (Fsp3) is 0.533. The van der Waals surface area contributed by atoms with Crippen LogP contribution in [0, 0.1) is 0 Å². The molecule has 1 unspecified atom stereocenters. The molecule has 1 atom stereocenters. The highest BCUT2D eigenvalue weighted by Gasteiger charge is 2.27. The van der Waals surface area contributed by atoms with Gasteiger partial charge in [-0.05, 0) is 44.6 Å². The van der Waals surface area contributed by atoms with Crippen LogP contribution < -0.4 is 0 Å². The van der Waals surface area contributed by atoms with Crippen LogP contribution in [0.3, 0.4) is 0 Å². The molecule has 1 saturated heterocycles. The number of carbonyl (C=O) groups excluding carboxylic acids is 1. The van der Waals surface area contributed by atoms with Crippen molar-refractivity contribution >= 4 is 37.8 Å². The van der Waals surface area contributed by atoms with E-state index in [2.05, 4.69) is 50.7 Å². The van der Waals surface area contributed by atoms with Crippen molar-refractivity contribution in [2.75, 3.05) is 26.7 Å². The number of likely N-dealkylation sites (N-methyl/N-ethyl adjacent to an activating group) is 1. The van der Waals surface area contributed by atoms with Gasteiger partial charge >= 0.3 is 0 Å². The van der Waals surface area contributed by atoms with Crippen LogP contribution in [0.25, 0.3) is 0 Å². The molecule has 20 heavy (non-hydrogen) atoms. The van der Waals surface area contributed by atoms with Gasteiger partial charge in [0.15, 0.2) is 0 Å². The molecule has 5 heteroatoms. The van der Waals surface area contributed by atoms with Crippen LogP contribution in [0.5, 0.6) is 0 Å². The standard InChI is InChI=1S/C15H20Br2N2O/c1-3-14-10-18(2)5-4-6-19(14)15(20)11-7-12(16)9-13(17)8-11/h7-9,14H,3-6,10H2,1-2H3. The second kappa shape index (κ2) is 7.05. The molecule has 0 radical (unpaired) electrons. The molecule has 1 aliphatic rings. The number of hydrogen-bond acceptors (Lipinski definition) is 2. The van der Waals surface area contributed by atoms with Gasteiger partial charge in [0.25, 0.3) is 5.91 Å². The van der Waals surface area contributed by atoms with Crippen LogP contribution in [0.1, 0.15) is 30.1 Å². The van der Waals surface area contributed by atoms with Gasteiger partial charge in [-0.1, -0.05) is 38.8 Å². The Kier molecular flexibility index (Phi) is 5.64. The van der Waals surface area contributed by atoms with Crippen LogP contribution in [-0.2, 0) is 0 Å². The van der Waals surface area contributed by atoms with Gasteiger partial charge in [0, 0.05) is 33.6 Å². The molecule has 1 aromatic carbocycles. The summed E-state index contributed by atoms with van der Waals surface area (Å²) in [4.78, 5) is 17.2. The molecule has 0 aromatic heterocycles. The predicted octanol–water partition coefficient (Wildman–Crippen LogP) is 3.77. The van der Waals surface area contributed by atoms with Gasteiger partial charge in [0.1, 0.15) is 0 Å². The van der Waals surface area contributed by atoms with Gasteiger partial charge in [-0.25, -0.2) is 0 Å². The van der Waals surface area contributed by atoms with E-state index in [1.54, 1.807) is 0 Å². The highest BCUT2D eigenvalue weighted by atomic mass is 79.9. The summed E-state index contributed by atoms with van der Waals surface area (Å²) in [6.45, 7) is 5.01. The Labute approximate surface area is 137 Å². The minimum atomic E-state index is 0.133. The molecule has 1 aromatic rings. The first kappa shape index (κ1) is 16.0. The predicted molar refractivity (Wildman–Crippen MR) is 89.1 cm³/mol. The lowest BCUT2D eigenvalue weighted by atomic mass is 10.1. The zero-order chi connectivity index (χ0) is 14.7. The molecule has 0 N–H and O–H groups in total. The normalized spacial score (nSPS) is 20.8. The molecule has 2 rings (SSSR count). The molecule has 1 amide bonds. The number of rotatable bonds is 2. The minimum Gasteiger partial charge on any atom is -0.334 e. The second-order valence-electron chi connectivity index (χ2n) is 5.33. The Bertz CT molecular complexity index is 473. The van der Waals surface area contributed by atoms with E-state index in [1.807, 2.05) is 23.1 Å². The zero-order valence-electron chi connectivity index (χ0n) is 11.9. The molecule has 0 aliphatic carbocycles. The van der Waals surface area contributed by atoms with Crippen molar-refractivity contribution in [3.63, 3.8) is 0 Å². The van der Waals surface area contributed by atoms with Crippen molar-refractivity contribution in [3.05, 3.63) is 32.7 Å². The summed E-state index contributed by atoms with van der Waals surface area (Å²) in [6.07, 6.45) is 2.03. The molecule has 1 heterocycles. The lowest BCUT2D eigenvalue weighted by Crippen LogP contribution is -2.43. The average molecular weight is 404 g/mol. The van der Waals surface area contributed by atoms with Crippen molar-refractivity contribution < 1.29 is 4.79 Å². The molecular weight excluding hydrogens is 384 g/mol. The molecule has 1 aliphatic heterocycles. The van der Waals surface area contributed by atoms with Crippen LogP contribution >= 0.6 is 31.9 Å². The molecule has 3 nitrogen and oxygen atoms in total. The van der Waals surface area contributed by atoms with Gasteiger partial charge in [-0.15, -0.1) is 0 Å². The van der Waals surface area contributed by atoms with E-state index in [9.17, 15) is 4.79 Å². The first-order valence-electron chi connectivity index (χ1n) is 6.97. The Balaban J connectivity index is 2.25. The smallest absolute Gasteiger partial charge is 0.254 e. The summed E-state index contributed by atoms with van der Waals surface area (Å²) < 4.78 is 1.85. The quantitative estimate of drug-likeness (QED) is 0.750. The van der Waals surface area contributed by atoms with E-state index in [1.165, 1.54) is 0 Å². The zero-order valence-corrected chi connectivity index (χ0v) is 15.1. The second-order valence-corrected chi connectivity index (χ2v) is 7.17. The first-order chi connectivity index (χ1) is 9.51. The van der Waals surface area contributed by atoms with Crippen molar-refractivity contribution in [1.29, 1.82) is 0 Å². The molecule has 110 valence electrons. The minimum absolute atomic E-state index is 0.133.